The van der Waals surface area contributed by atoms with E-state index in [9.17, 15) is 4.79 Å². The van der Waals surface area contributed by atoms with E-state index < -0.39 is 0 Å². The van der Waals surface area contributed by atoms with Crippen LogP contribution >= 0.6 is 0 Å². The van der Waals surface area contributed by atoms with Crippen molar-refractivity contribution in [2.24, 2.45) is 5.73 Å². The SMILES string of the molecule is COc1ccc(C2CCCN2C(=O)CC(C)N)cc1. The zero-order chi connectivity index (χ0) is 13.8. The van der Waals surface area contributed by atoms with Crippen molar-refractivity contribution in [1.82, 2.24) is 4.90 Å². The first-order valence-corrected chi connectivity index (χ1v) is 6.81. The Bertz CT molecular complexity index is 428. The summed E-state index contributed by atoms with van der Waals surface area (Å²) in [7, 11) is 1.66. The minimum atomic E-state index is -0.0791. The monoisotopic (exact) mass is 262 g/mol. The van der Waals surface area contributed by atoms with Gasteiger partial charge in [0.1, 0.15) is 5.75 Å². The average molecular weight is 262 g/mol. The molecule has 1 amide bonds. The van der Waals surface area contributed by atoms with E-state index in [4.69, 9.17) is 10.5 Å². The molecule has 2 N–H and O–H groups in total. The number of hydrogen-bond donors (Lipinski definition) is 1. The first-order valence-electron chi connectivity index (χ1n) is 6.81. The van der Waals surface area contributed by atoms with Crippen LogP contribution in [0.2, 0.25) is 0 Å². The van der Waals surface area contributed by atoms with Crippen molar-refractivity contribution < 1.29 is 9.53 Å². The Balaban J connectivity index is 2.11. The number of nitrogens with two attached hydrogens (primary N) is 1. The average Bonchev–Trinajstić information content (AvgIpc) is 2.87. The normalized spacial score (nSPS) is 20.4. The quantitative estimate of drug-likeness (QED) is 0.904. The van der Waals surface area contributed by atoms with Crippen LogP contribution in [0.15, 0.2) is 24.3 Å². The van der Waals surface area contributed by atoms with Gasteiger partial charge in [-0.15, -0.1) is 0 Å². The molecule has 1 heterocycles. The largest absolute Gasteiger partial charge is 0.497 e. The number of ether oxygens (including phenoxy) is 1. The van der Waals surface area contributed by atoms with Crippen LogP contribution in [-0.4, -0.2) is 30.5 Å². The van der Waals surface area contributed by atoms with Gasteiger partial charge in [0.05, 0.1) is 13.2 Å². The van der Waals surface area contributed by atoms with Gasteiger partial charge in [0.15, 0.2) is 0 Å². The van der Waals surface area contributed by atoms with Gasteiger partial charge in [-0.3, -0.25) is 4.79 Å². The summed E-state index contributed by atoms with van der Waals surface area (Å²) in [6.45, 7) is 2.71. The Labute approximate surface area is 114 Å². The second-order valence-electron chi connectivity index (χ2n) is 5.20. The van der Waals surface area contributed by atoms with Crippen molar-refractivity contribution in [3.63, 3.8) is 0 Å². The van der Waals surface area contributed by atoms with Crippen LogP contribution < -0.4 is 10.5 Å². The number of methoxy groups -OCH3 is 1. The van der Waals surface area contributed by atoms with E-state index in [1.807, 2.05) is 36.1 Å². The molecular formula is C15H22N2O2. The van der Waals surface area contributed by atoms with Crippen LogP contribution in [0.4, 0.5) is 0 Å². The topological polar surface area (TPSA) is 55.6 Å². The molecule has 2 atom stereocenters. The van der Waals surface area contributed by atoms with Crippen molar-refractivity contribution in [2.45, 2.75) is 38.3 Å². The predicted molar refractivity (Wildman–Crippen MR) is 74.9 cm³/mol. The van der Waals surface area contributed by atoms with Gasteiger partial charge in [0, 0.05) is 19.0 Å². The summed E-state index contributed by atoms with van der Waals surface area (Å²) < 4.78 is 5.16. The third-order valence-corrected chi connectivity index (χ3v) is 3.57. The lowest BCUT2D eigenvalue weighted by molar-refractivity contribution is -0.132. The number of carbonyl (C=O) groups excluding carboxylic acids is 1. The van der Waals surface area contributed by atoms with E-state index in [1.165, 1.54) is 5.56 Å². The minimum absolute atomic E-state index is 0.0791. The molecule has 1 aromatic rings. The second-order valence-corrected chi connectivity index (χ2v) is 5.20. The fraction of sp³-hybridized carbons (Fsp3) is 0.533. The Hall–Kier alpha value is -1.55. The maximum atomic E-state index is 12.2. The van der Waals surface area contributed by atoms with Crippen LogP contribution in [0.3, 0.4) is 0 Å². The van der Waals surface area contributed by atoms with E-state index >= 15 is 0 Å². The maximum absolute atomic E-state index is 12.2. The number of likely N-dealkylation sites (tertiary alicyclic amines) is 1. The number of hydrogen-bond acceptors (Lipinski definition) is 3. The molecule has 4 nitrogen and oxygen atoms in total. The highest BCUT2D eigenvalue weighted by Crippen LogP contribution is 2.33. The summed E-state index contributed by atoms with van der Waals surface area (Å²) in [5.41, 5.74) is 6.90. The van der Waals surface area contributed by atoms with Gasteiger partial charge in [-0.1, -0.05) is 12.1 Å². The van der Waals surface area contributed by atoms with Crippen LogP contribution in [0.1, 0.15) is 37.8 Å². The highest BCUT2D eigenvalue weighted by molar-refractivity contribution is 5.77. The van der Waals surface area contributed by atoms with Crippen LogP contribution in [0, 0.1) is 0 Å². The van der Waals surface area contributed by atoms with Gasteiger partial charge in [-0.2, -0.15) is 0 Å². The van der Waals surface area contributed by atoms with Crippen LogP contribution in [0.25, 0.3) is 0 Å². The Morgan fingerprint density at radius 1 is 1.47 bits per heavy atom. The van der Waals surface area contributed by atoms with Gasteiger partial charge in [0.2, 0.25) is 5.91 Å². The maximum Gasteiger partial charge on any atom is 0.224 e. The molecule has 2 rings (SSSR count). The van der Waals surface area contributed by atoms with Gasteiger partial charge in [-0.25, -0.2) is 0 Å². The first kappa shape index (κ1) is 13.9. The number of benzene rings is 1. The molecule has 104 valence electrons. The van der Waals surface area contributed by atoms with E-state index in [1.54, 1.807) is 7.11 Å². The van der Waals surface area contributed by atoms with Crippen molar-refractivity contribution in [2.75, 3.05) is 13.7 Å². The fourth-order valence-corrected chi connectivity index (χ4v) is 2.63. The third kappa shape index (κ3) is 3.26. The smallest absolute Gasteiger partial charge is 0.224 e. The van der Waals surface area contributed by atoms with Crippen molar-refractivity contribution in [3.05, 3.63) is 29.8 Å². The second kappa shape index (κ2) is 6.06. The fourth-order valence-electron chi connectivity index (χ4n) is 2.63. The molecular weight excluding hydrogens is 240 g/mol. The van der Waals surface area contributed by atoms with Crippen molar-refractivity contribution in [1.29, 1.82) is 0 Å². The highest BCUT2D eigenvalue weighted by atomic mass is 16.5. The van der Waals surface area contributed by atoms with E-state index in [0.29, 0.717) is 6.42 Å². The van der Waals surface area contributed by atoms with Crippen molar-refractivity contribution >= 4 is 5.91 Å². The molecule has 1 aliphatic heterocycles. The molecule has 0 spiro atoms. The minimum Gasteiger partial charge on any atom is -0.497 e. The molecule has 2 unspecified atom stereocenters. The summed E-state index contributed by atoms with van der Waals surface area (Å²) in [4.78, 5) is 14.1. The molecule has 1 aromatic carbocycles. The summed E-state index contributed by atoms with van der Waals surface area (Å²) in [5.74, 6) is 1.00. The van der Waals surface area contributed by atoms with Gasteiger partial charge in [0.25, 0.3) is 0 Å². The molecule has 19 heavy (non-hydrogen) atoms. The summed E-state index contributed by atoms with van der Waals surface area (Å²) in [6.07, 6.45) is 2.51. The zero-order valence-electron chi connectivity index (χ0n) is 11.6. The molecule has 4 heteroatoms. The number of carbonyl (C=O) groups is 1. The molecule has 1 fully saturated rings. The number of nitrogens with zero attached hydrogens (tertiary/aromatic N) is 1. The van der Waals surface area contributed by atoms with E-state index in [2.05, 4.69) is 0 Å². The molecule has 1 aliphatic rings. The van der Waals surface area contributed by atoms with Gasteiger partial charge >= 0.3 is 0 Å². The summed E-state index contributed by atoms with van der Waals surface area (Å²) in [6, 6.07) is 8.09. The number of amides is 1. The predicted octanol–water partition coefficient (Wildman–Crippen LogP) is 2.10. The molecule has 0 aromatic heterocycles. The van der Waals surface area contributed by atoms with Crippen molar-refractivity contribution in [3.8, 4) is 5.75 Å². The Kier molecular flexibility index (Phi) is 4.43. The van der Waals surface area contributed by atoms with Gasteiger partial charge in [-0.05, 0) is 37.5 Å². The first-order chi connectivity index (χ1) is 9.11. The molecule has 0 radical (unpaired) electrons. The lowest BCUT2D eigenvalue weighted by atomic mass is 10.0. The van der Waals surface area contributed by atoms with Gasteiger partial charge < -0.3 is 15.4 Å². The molecule has 0 aliphatic carbocycles. The zero-order valence-corrected chi connectivity index (χ0v) is 11.6. The molecule has 0 saturated carbocycles. The van der Waals surface area contributed by atoms with Crippen LogP contribution in [-0.2, 0) is 4.79 Å². The molecule has 1 saturated heterocycles. The lowest BCUT2D eigenvalue weighted by Gasteiger charge is -2.26. The highest BCUT2D eigenvalue weighted by Gasteiger charge is 2.29. The third-order valence-electron chi connectivity index (χ3n) is 3.57. The van der Waals surface area contributed by atoms with E-state index in [-0.39, 0.29) is 18.0 Å². The number of rotatable bonds is 4. The Morgan fingerprint density at radius 2 is 2.16 bits per heavy atom. The Morgan fingerprint density at radius 3 is 2.74 bits per heavy atom. The lowest BCUT2D eigenvalue weighted by Crippen LogP contribution is -2.34. The summed E-state index contributed by atoms with van der Waals surface area (Å²) in [5, 5.41) is 0. The standard InChI is InChI=1S/C15H22N2O2/c1-11(16)10-15(18)17-9-3-4-14(17)12-5-7-13(19-2)8-6-12/h5-8,11,14H,3-4,9-10,16H2,1-2H3. The summed E-state index contributed by atoms with van der Waals surface area (Å²) >= 11 is 0. The van der Waals surface area contributed by atoms with E-state index in [0.717, 1.165) is 25.1 Å². The molecule has 0 bridgehead atoms. The van der Waals surface area contributed by atoms with Crippen LogP contribution in [0.5, 0.6) is 5.75 Å².